The smallest absolute Gasteiger partial charge is 0.189 e. The molecule has 28 heavy (non-hydrogen) atoms. The molecule has 3 aromatic rings. The van der Waals surface area contributed by atoms with E-state index in [0.29, 0.717) is 25.7 Å². The van der Waals surface area contributed by atoms with Gasteiger partial charge in [-0.3, -0.25) is 0 Å². The lowest BCUT2D eigenvalue weighted by molar-refractivity contribution is 0.262. The number of nitrogens with two attached hydrogens (primary N) is 1. The lowest BCUT2D eigenvalue weighted by atomic mass is 10.0. The summed E-state index contributed by atoms with van der Waals surface area (Å²) in [5, 5.41) is 5.57. The highest BCUT2D eigenvalue weighted by Gasteiger charge is 2.21. The maximum atomic E-state index is 6.07. The molecular weight excluding hydrogens is 465 g/mol. The second-order valence-corrected chi connectivity index (χ2v) is 6.46. The fourth-order valence-corrected chi connectivity index (χ4v) is 3.36. The van der Waals surface area contributed by atoms with Crippen LogP contribution in [0.15, 0.2) is 71.7 Å². The highest BCUT2D eigenvalue weighted by molar-refractivity contribution is 14.0. The van der Waals surface area contributed by atoms with Crippen LogP contribution in [-0.4, -0.2) is 25.7 Å². The molecule has 1 aliphatic rings. The molecule has 0 amide bonds. The van der Waals surface area contributed by atoms with Crippen LogP contribution in [0.1, 0.15) is 18.0 Å². The second-order valence-electron chi connectivity index (χ2n) is 6.46. The molecule has 146 valence electrons. The molecule has 0 radical (unpaired) electrons. The highest BCUT2D eigenvalue weighted by atomic mass is 127. The van der Waals surface area contributed by atoms with Crippen LogP contribution in [0.25, 0.3) is 10.8 Å². The number of halogens is 1. The lowest BCUT2D eigenvalue weighted by Crippen LogP contribution is -2.37. The average molecular weight is 489 g/mol. The predicted molar refractivity (Wildman–Crippen MR) is 124 cm³/mol. The summed E-state index contributed by atoms with van der Waals surface area (Å²) in [5.74, 6) is 2.21. The van der Waals surface area contributed by atoms with Gasteiger partial charge in [0.15, 0.2) is 5.96 Å². The fourth-order valence-electron chi connectivity index (χ4n) is 3.36. The number of nitrogens with one attached hydrogen (secondary N) is 1. The largest absolute Gasteiger partial charge is 0.493 e. The van der Waals surface area contributed by atoms with Crippen LogP contribution < -0.4 is 20.5 Å². The van der Waals surface area contributed by atoms with Crippen molar-refractivity contribution in [2.45, 2.75) is 12.5 Å². The zero-order valence-electron chi connectivity index (χ0n) is 15.5. The maximum Gasteiger partial charge on any atom is 0.189 e. The van der Waals surface area contributed by atoms with Gasteiger partial charge < -0.3 is 20.5 Å². The molecule has 6 heteroatoms. The zero-order chi connectivity index (χ0) is 18.5. The molecule has 0 saturated heterocycles. The van der Waals surface area contributed by atoms with E-state index in [1.165, 1.54) is 0 Å². The fraction of sp³-hybridized carbons (Fsp3) is 0.227. The number of aliphatic imine (C=N–C) groups is 1. The van der Waals surface area contributed by atoms with Crippen molar-refractivity contribution in [3.05, 3.63) is 72.3 Å². The van der Waals surface area contributed by atoms with E-state index in [4.69, 9.17) is 15.2 Å². The predicted octanol–water partition coefficient (Wildman–Crippen LogP) is 4.26. The molecule has 1 aliphatic heterocycles. The Bertz CT molecular complexity index is 956. The minimum Gasteiger partial charge on any atom is -0.493 e. The first-order valence-corrected chi connectivity index (χ1v) is 9.20. The van der Waals surface area contributed by atoms with Crippen molar-refractivity contribution in [2.24, 2.45) is 10.7 Å². The third-order valence-electron chi connectivity index (χ3n) is 4.66. The molecular formula is C22H24IN3O2. The quantitative estimate of drug-likeness (QED) is 0.243. The first-order valence-electron chi connectivity index (χ1n) is 9.20. The molecule has 1 unspecified atom stereocenters. The Morgan fingerprint density at radius 1 is 1.07 bits per heavy atom. The molecule has 1 atom stereocenters. The molecule has 5 nitrogen and oxygen atoms in total. The molecule has 0 saturated carbocycles. The van der Waals surface area contributed by atoms with Gasteiger partial charge in [-0.05, 0) is 17.5 Å². The summed E-state index contributed by atoms with van der Waals surface area (Å²) >= 11 is 0. The Hall–Kier alpha value is -2.48. The Morgan fingerprint density at radius 2 is 1.86 bits per heavy atom. The van der Waals surface area contributed by atoms with Gasteiger partial charge in [0, 0.05) is 17.4 Å². The lowest BCUT2D eigenvalue weighted by Gasteiger charge is -2.26. The summed E-state index contributed by atoms with van der Waals surface area (Å²) in [6.07, 6.45) is 0.861. The number of nitrogens with zero attached hydrogens (tertiary/aromatic N) is 1. The van der Waals surface area contributed by atoms with E-state index in [2.05, 4.69) is 34.6 Å². The van der Waals surface area contributed by atoms with Crippen LogP contribution in [0.3, 0.4) is 0 Å². The van der Waals surface area contributed by atoms with E-state index in [-0.39, 0.29) is 30.0 Å². The van der Waals surface area contributed by atoms with Crippen molar-refractivity contribution in [1.29, 1.82) is 0 Å². The number of benzene rings is 3. The third-order valence-corrected chi connectivity index (χ3v) is 4.66. The van der Waals surface area contributed by atoms with Crippen molar-refractivity contribution < 1.29 is 9.47 Å². The minimum absolute atomic E-state index is 0. The maximum absolute atomic E-state index is 6.07. The van der Waals surface area contributed by atoms with Gasteiger partial charge in [0.2, 0.25) is 0 Å². The molecule has 0 spiro atoms. The Morgan fingerprint density at radius 3 is 2.79 bits per heavy atom. The molecule has 4 rings (SSSR count). The molecule has 1 heterocycles. The summed E-state index contributed by atoms with van der Waals surface area (Å²) in [6.45, 7) is 1.64. The summed E-state index contributed by atoms with van der Waals surface area (Å²) in [4.78, 5) is 4.40. The first kappa shape index (κ1) is 20.3. The van der Waals surface area contributed by atoms with Crippen molar-refractivity contribution >= 4 is 40.7 Å². The van der Waals surface area contributed by atoms with Crippen molar-refractivity contribution in [3.63, 3.8) is 0 Å². The number of ether oxygens (including phenoxy) is 2. The Labute approximate surface area is 182 Å². The van der Waals surface area contributed by atoms with E-state index in [1.54, 1.807) is 0 Å². The van der Waals surface area contributed by atoms with Gasteiger partial charge in [0.25, 0.3) is 0 Å². The molecule has 0 fully saturated rings. The van der Waals surface area contributed by atoms with Crippen molar-refractivity contribution in [2.75, 3.05) is 19.8 Å². The second kappa shape index (κ2) is 9.64. The topological polar surface area (TPSA) is 68.9 Å². The Balaban J connectivity index is 0.00000225. The van der Waals surface area contributed by atoms with Gasteiger partial charge in [-0.25, -0.2) is 4.99 Å². The normalized spacial score (nSPS) is 15.9. The Kier molecular flexibility index (Phi) is 6.97. The average Bonchev–Trinajstić information content (AvgIpc) is 2.71. The first-order chi connectivity index (χ1) is 13.3. The van der Waals surface area contributed by atoms with Gasteiger partial charge in [0.05, 0.1) is 19.2 Å². The number of rotatable bonds is 5. The zero-order valence-corrected chi connectivity index (χ0v) is 17.8. The van der Waals surface area contributed by atoms with Crippen LogP contribution in [0.4, 0.5) is 0 Å². The van der Waals surface area contributed by atoms with Gasteiger partial charge in [0.1, 0.15) is 18.1 Å². The highest BCUT2D eigenvalue weighted by Crippen LogP contribution is 2.31. The van der Waals surface area contributed by atoms with Gasteiger partial charge >= 0.3 is 0 Å². The van der Waals surface area contributed by atoms with Crippen LogP contribution in [-0.2, 0) is 0 Å². The molecule has 3 aromatic carbocycles. The molecule has 0 bridgehead atoms. The van der Waals surface area contributed by atoms with Gasteiger partial charge in [-0.15, -0.1) is 24.0 Å². The van der Waals surface area contributed by atoms with E-state index in [9.17, 15) is 0 Å². The molecule has 3 N–H and O–H groups in total. The number of fused-ring (bicyclic) bond motifs is 2. The standard InChI is InChI=1S/C22H23N3O2.HI/c23-22(25-19-12-14-26-21-10-4-3-9-18(19)21)24-13-15-27-20-11-5-7-16-6-1-2-8-17(16)20;/h1-11,19H,12-15H2,(H3,23,24,25);1H. The van der Waals surface area contributed by atoms with Gasteiger partial charge in [-0.2, -0.15) is 0 Å². The monoisotopic (exact) mass is 489 g/mol. The van der Waals surface area contributed by atoms with Crippen LogP contribution in [0, 0.1) is 0 Å². The summed E-state index contributed by atoms with van der Waals surface area (Å²) in [5.41, 5.74) is 7.19. The van der Waals surface area contributed by atoms with E-state index >= 15 is 0 Å². The molecule has 0 aromatic heterocycles. The van der Waals surface area contributed by atoms with E-state index in [0.717, 1.165) is 34.3 Å². The number of para-hydroxylation sites is 1. The minimum atomic E-state index is 0. The third kappa shape index (κ3) is 4.67. The summed E-state index contributed by atoms with van der Waals surface area (Å²) < 4.78 is 11.6. The van der Waals surface area contributed by atoms with Crippen molar-refractivity contribution in [1.82, 2.24) is 5.32 Å². The molecule has 0 aliphatic carbocycles. The number of guanidine groups is 1. The van der Waals surface area contributed by atoms with E-state index in [1.807, 2.05) is 42.5 Å². The van der Waals surface area contributed by atoms with Crippen LogP contribution in [0.5, 0.6) is 11.5 Å². The van der Waals surface area contributed by atoms with Crippen LogP contribution in [0.2, 0.25) is 0 Å². The van der Waals surface area contributed by atoms with E-state index < -0.39 is 0 Å². The number of hydrogen-bond donors (Lipinski definition) is 2. The van der Waals surface area contributed by atoms with Gasteiger partial charge in [-0.1, -0.05) is 54.6 Å². The van der Waals surface area contributed by atoms with Crippen LogP contribution >= 0.6 is 24.0 Å². The SMILES string of the molecule is I.NC(=NCCOc1cccc2ccccc12)NC1CCOc2ccccc21. The summed E-state index contributed by atoms with van der Waals surface area (Å²) in [7, 11) is 0. The summed E-state index contributed by atoms with van der Waals surface area (Å²) in [6, 6.07) is 22.4. The van der Waals surface area contributed by atoms with Crippen molar-refractivity contribution in [3.8, 4) is 11.5 Å². The number of hydrogen-bond acceptors (Lipinski definition) is 3.